The quantitative estimate of drug-likeness (QED) is 0.247. The predicted molar refractivity (Wildman–Crippen MR) is 161 cm³/mol. The fourth-order valence-corrected chi connectivity index (χ4v) is 6.15. The molecule has 1 N–H and O–H groups in total. The average Bonchev–Trinajstić information content (AvgIpc) is 2.92. The van der Waals surface area contributed by atoms with E-state index in [9.17, 15) is 18.0 Å². The predicted octanol–water partition coefficient (Wildman–Crippen LogP) is 6.56. The highest BCUT2D eigenvalue weighted by Crippen LogP contribution is 2.28. The maximum absolute atomic E-state index is 14.1. The Labute approximate surface area is 251 Å². The summed E-state index contributed by atoms with van der Waals surface area (Å²) in [5.41, 5.74) is 0.778. The van der Waals surface area contributed by atoms with Gasteiger partial charge in [-0.2, -0.15) is 0 Å². The summed E-state index contributed by atoms with van der Waals surface area (Å²) >= 11 is 18.7. The Morgan fingerprint density at radius 1 is 0.875 bits per heavy atom. The highest BCUT2D eigenvalue weighted by atomic mass is 35.5. The Hall–Kier alpha value is -2.78. The van der Waals surface area contributed by atoms with E-state index in [1.54, 1.807) is 61.5 Å². The van der Waals surface area contributed by atoms with E-state index in [0.29, 0.717) is 33.5 Å². The van der Waals surface area contributed by atoms with E-state index in [2.05, 4.69) is 5.32 Å². The summed E-state index contributed by atoms with van der Waals surface area (Å²) in [4.78, 5) is 28.8. The third-order valence-electron chi connectivity index (χ3n) is 6.45. The van der Waals surface area contributed by atoms with Crippen LogP contribution in [0, 0.1) is 0 Å². The van der Waals surface area contributed by atoms with E-state index in [1.807, 2.05) is 13.8 Å². The van der Waals surface area contributed by atoms with Crippen LogP contribution < -0.4 is 9.62 Å². The largest absolute Gasteiger partial charge is 0.352 e. The lowest BCUT2D eigenvalue weighted by molar-refractivity contribution is -0.140. The van der Waals surface area contributed by atoms with Gasteiger partial charge in [0.2, 0.25) is 11.8 Å². The monoisotopic (exact) mass is 623 g/mol. The fourth-order valence-electron chi connectivity index (χ4n) is 4.07. The molecule has 3 rings (SSSR count). The van der Waals surface area contributed by atoms with E-state index in [1.165, 1.54) is 23.1 Å². The summed E-state index contributed by atoms with van der Waals surface area (Å²) in [7, 11) is -4.18. The maximum atomic E-state index is 14.1. The zero-order chi connectivity index (χ0) is 29.4. The van der Waals surface area contributed by atoms with Crippen LogP contribution in [-0.4, -0.2) is 43.8 Å². The second-order valence-electron chi connectivity index (χ2n) is 9.30. The van der Waals surface area contributed by atoms with Gasteiger partial charge in [0.25, 0.3) is 10.0 Å². The van der Waals surface area contributed by atoms with Gasteiger partial charge >= 0.3 is 0 Å². The van der Waals surface area contributed by atoms with Crippen molar-refractivity contribution in [1.29, 1.82) is 0 Å². The molecule has 2 amide bonds. The molecule has 0 aliphatic carbocycles. The first-order chi connectivity index (χ1) is 19.0. The second-order valence-corrected chi connectivity index (χ2v) is 12.4. The van der Waals surface area contributed by atoms with Crippen molar-refractivity contribution in [2.75, 3.05) is 10.8 Å². The number of halogens is 3. The molecule has 3 aromatic carbocycles. The molecule has 3 aromatic rings. The molecule has 2 unspecified atom stereocenters. The molecule has 0 fully saturated rings. The fraction of sp³-hybridized carbons (Fsp3) is 0.310. The first-order valence-electron chi connectivity index (χ1n) is 12.8. The molecule has 7 nitrogen and oxygen atoms in total. The van der Waals surface area contributed by atoms with Crippen molar-refractivity contribution in [3.8, 4) is 0 Å². The van der Waals surface area contributed by atoms with Crippen LogP contribution in [0.25, 0.3) is 0 Å². The number of rotatable bonds is 12. The molecule has 0 aromatic heterocycles. The van der Waals surface area contributed by atoms with Gasteiger partial charge in [-0.1, -0.05) is 79.0 Å². The summed E-state index contributed by atoms with van der Waals surface area (Å²) in [6.45, 7) is 5.01. The van der Waals surface area contributed by atoms with Gasteiger partial charge in [0.15, 0.2) is 0 Å². The summed E-state index contributed by atoms with van der Waals surface area (Å²) in [5.74, 6) is -0.924. The van der Waals surface area contributed by atoms with E-state index in [4.69, 9.17) is 34.8 Å². The van der Waals surface area contributed by atoms with Crippen LogP contribution in [0.15, 0.2) is 77.7 Å². The van der Waals surface area contributed by atoms with Crippen molar-refractivity contribution in [2.45, 2.75) is 57.1 Å². The topological polar surface area (TPSA) is 86.8 Å². The Bertz CT molecular complexity index is 1440. The third kappa shape index (κ3) is 7.91. The number of hydrogen-bond donors (Lipinski definition) is 1. The van der Waals surface area contributed by atoms with Crippen LogP contribution in [0.1, 0.15) is 39.2 Å². The minimum absolute atomic E-state index is 0.0108. The molecule has 11 heteroatoms. The van der Waals surface area contributed by atoms with Crippen LogP contribution in [0.2, 0.25) is 15.1 Å². The lowest BCUT2D eigenvalue weighted by Gasteiger charge is -2.34. The zero-order valence-electron chi connectivity index (χ0n) is 22.5. The highest BCUT2D eigenvalue weighted by molar-refractivity contribution is 7.92. The average molecular weight is 625 g/mol. The number of amides is 2. The van der Waals surface area contributed by atoms with E-state index in [-0.39, 0.29) is 29.1 Å². The van der Waals surface area contributed by atoms with Crippen molar-refractivity contribution in [3.63, 3.8) is 0 Å². The molecule has 0 saturated carbocycles. The van der Waals surface area contributed by atoms with Gasteiger partial charge in [-0.3, -0.25) is 13.9 Å². The second kappa shape index (κ2) is 14.2. The molecule has 0 saturated heterocycles. The van der Waals surface area contributed by atoms with Gasteiger partial charge in [0.05, 0.1) is 10.6 Å². The molecule has 40 heavy (non-hydrogen) atoms. The van der Waals surface area contributed by atoms with Crippen molar-refractivity contribution < 1.29 is 18.0 Å². The standard InChI is InChI=1S/C29H32Cl3N3O4S/c1-4-20(3)33-29(37)27(5-2)34(18-21-14-15-23(31)17-26(21)32)28(36)19-35(24-11-9-10-22(30)16-24)40(38,39)25-12-7-6-8-13-25/h6-17,20,27H,4-5,18-19H2,1-3H3,(H,33,37). The summed E-state index contributed by atoms with van der Waals surface area (Å²) < 4.78 is 28.6. The molecular weight excluding hydrogens is 593 g/mol. The molecule has 0 heterocycles. The number of anilines is 1. The van der Waals surface area contributed by atoms with Gasteiger partial charge in [0.1, 0.15) is 12.6 Å². The van der Waals surface area contributed by atoms with Crippen LogP contribution in [-0.2, 0) is 26.2 Å². The van der Waals surface area contributed by atoms with Crippen LogP contribution >= 0.6 is 34.8 Å². The number of carbonyl (C=O) groups excluding carboxylic acids is 2. The Morgan fingerprint density at radius 2 is 1.55 bits per heavy atom. The van der Waals surface area contributed by atoms with Crippen LogP contribution in [0.3, 0.4) is 0 Å². The van der Waals surface area contributed by atoms with Gasteiger partial charge in [-0.15, -0.1) is 0 Å². The summed E-state index contributed by atoms with van der Waals surface area (Å²) in [6, 6.07) is 18.0. The smallest absolute Gasteiger partial charge is 0.264 e. The highest BCUT2D eigenvalue weighted by Gasteiger charge is 2.34. The molecule has 0 radical (unpaired) electrons. The van der Waals surface area contributed by atoms with E-state index < -0.39 is 28.5 Å². The molecule has 214 valence electrons. The number of carbonyl (C=O) groups is 2. The van der Waals surface area contributed by atoms with E-state index >= 15 is 0 Å². The van der Waals surface area contributed by atoms with Gasteiger partial charge < -0.3 is 10.2 Å². The first kappa shape index (κ1) is 31.7. The number of nitrogens with zero attached hydrogens (tertiary/aromatic N) is 2. The molecule has 2 atom stereocenters. The number of benzene rings is 3. The van der Waals surface area contributed by atoms with Crippen molar-refractivity contribution in [2.24, 2.45) is 0 Å². The van der Waals surface area contributed by atoms with Crippen LogP contribution in [0.4, 0.5) is 5.69 Å². The summed E-state index contributed by atoms with van der Waals surface area (Å²) in [5, 5.41) is 4.00. The first-order valence-corrected chi connectivity index (χ1v) is 15.4. The molecule has 0 spiro atoms. The zero-order valence-corrected chi connectivity index (χ0v) is 25.6. The number of hydrogen-bond acceptors (Lipinski definition) is 4. The minimum Gasteiger partial charge on any atom is -0.352 e. The normalized spacial score (nSPS) is 12.8. The lowest BCUT2D eigenvalue weighted by atomic mass is 10.1. The molecular formula is C29H32Cl3N3O4S. The maximum Gasteiger partial charge on any atom is 0.264 e. The Kier molecular flexibility index (Phi) is 11.3. The molecule has 0 aliphatic rings. The van der Waals surface area contributed by atoms with Crippen LogP contribution in [0.5, 0.6) is 0 Å². The summed E-state index contributed by atoms with van der Waals surface area (Å²) in [6.07, 6.45) is 0.999. The lowest BCUT2D eigenvalue weighted by Crippen LogP contribution is -2.53. The van der Waals surface area contributed by atoms with E-state index in [0.717, 1.165) is 4.31 Å². The van der Waals surface area contributed by atoms with Crippen molar-refractivity contribution in [3.05, 3.63) is 93.4 Å². The van der Waals surface area contributed by atoms with Crippen molar-refractivity contribution >= 4 is 62.3 Å². The number of sulfonamides is 1. The number of nitrogens with one attached hydrogen (secondary N) is 1. The third-order valence-corrected chi connectivity index (χ3v) is 9.06. The van der Waals surface area contributed by atoms with Gasteiger partial charge in [-0.25, -0.2) is 8.42 Å². The Morgan fingerprint density at radius 3 is 2.15 bits per heavy atom. The molecule has 0 aliphatic heterocycles. The van der Waals surface area contributed by atoms with Gasteiger partial charge in [0, 0.05) is 27.7 Å². The molecule has 0 bridgehead atoms. The SMILES string of the molecule is CCC(C)NC(=O)C(CC)N(Cc1ccc(Cl)cc1Cl)C(=O)CN(c1cccc(Cl)c1)S(=O)(=O)c1ccccc1. The van der Waals surface area contributed by atoms with Crippen molar-refractivity contribution in [1.82, 2.24) is 10.2 Å². The van der Waals surface area contributed by atoms with Gasteiger partial charge in [-0.05, 0) is 67.8 Å². The minimum atomic E-state index is -4.18. The Balaban J connectivity index is 2.07.